The molecule has 0 aliphatic heterocycles. The number of hydrogen-bond donors (Lipinski definition) is 1. The van der Waals surface area contributed by atoms with E-state index in [0.717, 1.165) is 11.1 Å². The van der Waals surface area contributed by atoms with E-state index in [-0.39, 0.29) is 18.1 Å². The van der Waals surface area contributed by atoms with Crippen LogP contribution in [0.25, 0.3) is 0 Å². The van der Waals surface area contributed by atoms with Gasteiger partial charge in [0.2, 0.25) is 0 Å². The third kappa shape index (κ3) is 2.47. The lowest BCUT2D eigenvalue weighted by Gasteiger charge is -2.04. The van der Waals surface area contributed by atoms with Crippen molar-refractivity contribution in [3.63, 3.8) is 0 Å². The lowest BCUT2D eigenvalue weighted by molar-refractivity contribution is -0.139. The van der Waals surface area contributed by atoms with E-state index in [1.54, 1.807) is 18.2 Å². The standard InChI is InChI=1S/C10H12O3/c1-7-3-4-9(11)5-8(7)6-10(12)13-2/h3-5,11H,6H2,1-2H3. The minimum atomic E-state index is -0.298. The van der Waals surface area contributed by atoms with Gasteiger partial charge in [-0.15, -0.1) is 0 Å². The van der Waals surface area contributed by atoms with Crippen LogP contribution in [0.3, 0.4) is 0 Å². The highest BCUT2D eigenvalue weighted by Gasteiger charge is 2.05. The Labute approximate surface area is 77.0 Å². The maximum Gasteiger partial charge on any atom is 0.309 e. The van der Waals surface area contributed by atoms with Gasteiger partial charge in [0, 0.05) is 0 Å². The van der Waals surface area contributed by atoms with Crippen LogP contribution in [0.1, 0.15) is 11.1 Å². The Morgan fingerprint density at radius 2 is 2.23 bits per heavy atom. The molecule has 0 aliphatic rings. The molecular weight excluding hydrogens is 168 g/mol. The Morgan fingerprint density at radius 1 is 1.54 bits per heavy atom. The van der Waals surface area contributed by atoms with Gasteiger partial charge in [0.25, 0.3) is 0 Å². The number of phenolic OH excluding ortho intramolecular Hbond substituents is 1. The first kappa shape index (κ1) is 9.58. The number of aromatic hydroxyl groups is 1. The van der Waals surface area contributed by atoms with Crippen LogP contribution in [0.4, 0.5) is 0 Å². The Balaban J connectivity index is 2.87. The van der Waals surface area contributed by atoms with Crippen molar-refractivity contribution in [1.82, 2.24) is 0 Å². The second-order valence-corrected chi connectivity index (χ2v) is 2.86. The lowest BCUT2D eigenvalue weighted by atomic mass is 10.1. The average Bonchev–Trinajstić information content (AvgIpc) is 2.11. The molecule has 1 aromatic carbocycles. The highest BCUT2D eigenvalue weighted by Crippen LogP contribution is 2.16. The van der Waals surface area contributed by atoms with E-state index in [9.17, 15) is 9.90 Å². The smallest absolute Gasteiger partial charge is 0.309 e. The summed E-state index contributed by atoms with van der Waals surface area (Å²) in [6.07, 6.45) is 0.205. The zero-order valence-electron chi connectivity index (χ0n) is 7.70. The van der Waals surface area contributed by atoms with Crippen LogP contribution in [0.2, 0.25) is 0 Å². The number of methoxy groups -OCH3 is 1. The number of hydrogen-bond acceptors (Lipinski definition) is 3. The SMILES string of the molecule is COC(=O)Cc1cc(O)ccc1C. The van der Waals surface area contributed by atoms with Crippen LogP contribution < -0.4 is 0 Å². The highest BCUT2D eigenvalue weighted by atomic mass is 16.5. The van der Waals surface area contributed by atoms with E-state index in [1.807, 2.05) is 6.92 Å². The maximum absolute atomic E-state index is 10.9. The molecule has 1 N–H and O–H groups in total. The van der Waals surface area contributed by atoms with E-state index < -0.39 is 0 Å². The Hall–Kier alpha value is -1.51. The molecule has 1 aromatic rings. The number of rotatable bonds is 2. The van der Waals surface area contributed by atoms with Crippen molar-refractivity contribution in [1.29, 1.82) is 0 Å². The van der Waals surface area contributed by atoms with Crippen molar-refractivity contribution in [3.05, 3.63) is 29.3 Å². The fourth-order valence-electron chi connectivity index (χ4n) is 1.08. The first-order valence-electron chi connectivity index (χ1n) is 3.99. The van der Waals surface area contributed by atoms with Gasteiger partial charge in [0.15, 0.2) is 0 Å². The summed E-state index contributed by atoms with van der Waals surface area (Å²) in [6.45, 7) is 1.89. The van der Waals surface area contributed by atoms with Crippen molar-refractivity contribution in [3.8, 4) is 5.75 Å². The third-order valence-electron chi connectivity index (χ3n) is 1.90. The van der Waals surface area contributed by atoms with E-state index >= 15 is 0 Å². The first-order chi connectivity index (χ1) is 6.13. The zero-order valence-corrected chi connectivity index (χ0v) is 7.70. The summed E-state index contributed by atoms with van der Waals surface area (Å²) in [6, 6.07) is 4.94. The van der Waals surface area contributed by atoms with Crippen LogP contribution in [-0.2, 0) is 16.0 Å². The maximum atomic E-state index is 10.9. The average molecular weight is 180 g/mol. The molecule has 0 bridgehead atoms. The van der Waals surface area contributed by atoms with E-state index in [1.165, 1.54) is 7.11 Å². The molecule has 0 amide bonds. The molecule has 0 unspecified atom stereocenters. The van der Waals surface area contributed by atoms with Crippen LogP contribution >= 0.6 is 0 Å². The summed E-state index contributed by atoms with van der Waals surface area (Å²) < 4.78 is 4.53. The Bertz CT molecular complexity index is 318. The highest BCUT2D eigenvalue weighted by molar-refractivity contribution is 5.73. The van der Waals surface area contributed by atoms with Gasteiger partial charge in [-0.1, -0.05) is 6.07 Å². The molecule has 0 aliphatic carbocycles. The molecule has 13 heavy (non-hydrogen) atoms. The number of benzene rings is 1. The summed E-state index contributed by atoms with van der Waals surface area (Å²) in [4.78, 5) is 10.9. The number of carbonyl (C=O) groups excluding carboxylic acids is 1. The predicted molar refractivity (Wildman–Crippen MR) is 48.6 cm³/mol. The van der Waals surface area contributed by atoms with Gasteiger partial charge in [0.05, 0.1) is 13.5 Å². The summed E-state index contributed by atoms with van der Waals surface area (Å²) in [7, 11) is 1.35. The van der Waals surface area contributed by atoms with E-state index in [2.05, 4.69) is 4.74 Å². The summed E-state index contributed by atoms with van der Waals surface area (Å²) >= 11 is 0. The number of ether oxygens (including phenoxy) is 1. The predicted octanol–water partition coefficient (Wildman–Crippen LogP) is 1.42. The molecule has 0 heterocycles. The van der Waals surface area contributed by atoms with Crippen LogP contribution in [0.5, 0.6) is 5.75 Å². The monoisotopic (exact) mass is 180 g/mol. The largest absolute Gasteiger partial charge is 0.508 e. The quantitative estimate of drug-likeness (QED) is 0.700. The van der Waals surface area contributed by atoms with Crippen LogP contribution in [0.15, 0.2) is 18.2 Å². The molecule has 70 valence electrons. The molecule has 0 spiro atoms. The molecule has 1 rings (SSSR count). The van der Waals surface area contributed by atoms with Crippen LogP contribution in [-0.4, -0.2) is 18.2 Å². The number of carbonyl (C=O) groups is 1. The van der Waals surface area contributed by atoms with Crippen LogP contribution in [0, 0.1) is 6.92 Å². The van der Waals surface area contributed by atoms with Crippen molar-refractivity contribution in [2.75, 3.05) is 7.11 Å². The molecule has 0 saturated heterocycles. The van der Waals surface area contributed by atoms with E-state index in [4.69, 9.17) is 0 Å². The number of phenols is 1. The fraction of sp³-hybridized carbons (Fsp3) is 0.300. The van der Waals surface area contributed by atoms with Gasteiger partial charge in [-0.3, -0.25) is 4.79 Å². The Morgan fingerprint density at radius 3 is 2.85 bits per heavy atom. The second-order valence-electron chi connectivity index (χ2n) is 2.86. The minimum Gasteiger partial charge on any atom is -0.508 e. The summed E-state index contributed by atoms with van der Waals surface area (Å²) in [5.41, 5.74) is 1.77. The van der Waals surface area contributed by atoms with E-state index in [0.29, 0.717) is 0 Å². The molecule has 3 heteroatoms. The molecule has 0 saturated carbocycles. The van der Waals surface area contributed by atoms with Crippen molar-refractivity contribution < 1.29 is 14.6 Å². The zero-order chi connectivity index (χ0) is 9.84. The normalized spacial score (nSPS) is 9.69. The second kappa shape index (κ2) is 3.94. The fourth-order valence-corrected chi connectivity index (χ4v) is 1.08. The van der Waals surface area contributed by atoms with Gasteiger partial charge >= 0.3 is 5.97 Å². The number of esters is 1. The molecule has 3 nitrogen and oxygen atoms in total. The van der Waals surface area contributed by atoms with Gasteiger partial charge in [-0.2, -0.15) is 0 Å². The van der Waals surface area contributed by atoms with Crippen molar-refractivity contribution in [2.45, 2.75) is 13.3 Å². The number of aryl methyl sites for hydroxylation is 1. The van der Waals surface area contributed by atoms with Gasteiger partial charge in [-0.25, -0.2) is 0 Å². The molecule has 0 radical (unpaired) electrons. The topological polar surface area (TPSA) is 46.5 Å². The van der Waals surface area contributed by atoms with Gasteiger partial charge in [-0.05, 0) is 30.2 Å². The molecule has 0 atom stereocenters. The summed E-state index contributed by atoms with van der Waals surface area (Å²) in [5, 5.41) is 9.17. The first-order valence-corrected chi connectivity index (χ1v) is 3.99. The van der Waals surface area contributed by atoms with Crippen molar-refractivity contribution >= 4 is 5.97 Å². The third-order valence-corrected chi connectivity index (χ3v) is 1.90. The molecular formula is C10H12O3. The molecule has 0 aromatic heterocycles. The molecule has 0 fully saturated rings. The Kier molecular flexibility index (Phi) is 2.90. The summed E-state index contributed by atoms with van der Waals surface area (Å²) in [5.74, 6) is -0.127. The minimum absolute atomic E-state index is 0.171. The van der Waals surface area contributed by atoms with Gasteiger partial charge < -0.3 is 9.84 Å². The lowest BCUT2D eigenvalue weighted by Crippen LogP contribution is -2.05. The van der Waals surface area contributed by atoms with Crippen molar-refractivity contribution in [2.24, 2.45) is 0 Å². The van der Waals surface area contributed by atoms with Gasteiger partial charge in [0.1, 0.15) is 5.75 Å².